The normalized spacial score (nSPS) is 23.6. The maximum Gasteiger partial charge on any atom is 0.192 e. The Balaban J connectivity index is 1.34. The molecule has 6 unspecified atom stereocenters. The van der Waals surface area contributed by atoms with Gasteiger partial charge in [-0.1, -0.05) is 0 Å². The largest absolute Gasteiger partial charge is 0.484 e. The number of hydrogen-bond acceptors (Lipinski definition) is 13. The maximum atomic E-state index is 12.8. The van der Waals surface area contributed by atoms with E-state index >= 15 is 0 Å². The van der Waals surface area contributed by atoms with E-state index in [4.69, 9.17) is 18.9 Å². The quantitative estimate of drug-likeness (QED) is 0.131. The van der Waals surface area contributed by atoms with Crippen molar-refractivity contribution < 1.29 is 49.6 Å². The van der Waals surface area contributed by atoms with E-state index in [9.17, 15) is 35.4 Å². The van der Waals surface area contributed by atoms with Gasteiger partial charge in [0.15, 0.2) is 5.43 Å². The van der Waals surface area contributed by atoms with Crippen LogP contribution in [0, 0.1) is 6.92 Å². The second kappa shape index (κ2) is 12.7. The number of β-amino-alcohol motifs (C(OH)–C–C–N with tert-alkyl or cyclic N) is 1. The van der Waals surface area contributed by atoms with Crippen molar-refractivity contribution in [3.63, 3.8) is 0 Å². The van der Waals surface area contributed by atoms with Gasteiger partial charge in [0.1, 0.15) is 59.3 Å². The summed E-state index contributed by atoms with van der Waals surface area (Å²) in [7, 11) is 0. The third kappa shape index (κ3) is 6.06. The van der Waals surface area contributed by atoms with Crippen molar-refractivity contribution in [2.45, 2.75) is 81.7 Å². The van der Waals surface area contributed by atoms with Crippen LogP contribution >= 0.6 is 0 Å². The monoisotopic (exact) mass is 616 g/mol. The van der Waals surface area contributed by atoms with Crippen LogP contribution < -0.4 is 10.2 Å². The molecule has 2 aromatic rings. The predicted molar refractivity (Wildman–Crippen MR) is 158 cm³/mol. The molecule has 0 saturated carbocycles. The number of benzene rings is 1. The molecule has 1 aromatic carbocycles. The average molecular weight is 617 g/mol. The lowest BCUT2D eigenvalue weighted by Crippen LogP contribution is -2.64. The molecule has 0 fully saturated rings. The smallest absolute Gasteiger partial charge is 0.192 e. The van der Waals surface area contributed by atoms with Gasteiger partial charge < -0.3 is 44.7 Å². The summed E-state index contributed by atoms with van der Waals surface area (Å²) in [6.45, 7) is 3.45. The van der Waals surface area contributed by atoms with E-state index in [0.29, 0.717) is 46.4 Å². The fourth-order valence-electron chi connectivity index (χ4n) is 5.88. The van der Waals surface area contributed by atoms with Crippen molar-refractivity contribution in [3.05, 3.63) is 63.8 Å². The Morgan fingerprint density at radius 1 is 1.23 bits per heavy atom. The number of fused-ring (bicyclic) bond motifs is 3. The van der Waals surface area contributed by atoms with Gasteiger partial charge in [-0.05, 0) is 57.4 Å². The number of aryl methyl sites for hydroxylation is 2. The summed E-state index contributed by atoms with van der Waals surface area (Å²) in [5.41, 5.74) is -1.02. The first kappa shape index (κ1) is 32.3. The summed E-state index contributed by atoms with van der Waals surface area (Å²) in [5, 5.41) is 62.9. The van der Waals surface area contributed by atoms with Crippen LogP contribution in [-0.4, -0.2) is 109 Å². The Bertz CT molecular complexity index is 1520. The molecular weight excluding hydrogens is 576 g/mol. The fourth-order valence-corrected chi connectivity index (χ4v) is 5.88. The molecule has 0 spiro atoms. The van der Waals surface area contributed by atoms with Crippen LogP contribution in [0.3, 0.4) is 0 Å². The second-order valence-corrected chi connectivity index (χ2v) is 12.1. The Kier molecular flexibility index (Phi) is 9.31. The molecule has 5 rings (SSSR count). The molecule has 44 heavy (non-hydrogen) atoms. The average Bonchev–Trinajstić information content (AvgIpc) is 3.60. The zero-order chi connectivity index (χ0) is 31.8. The summed E-state index contributed by atoms with van der Waals surface area (Å²) >= 11 is 0. The van der Waals surface area contributed by atoms with E-state index in [1.54, 1.807) is 56.3 Å². The van der Waals surface area contributed by atoms with Crippen molar-refractivity contribution in [3.8, 4) is 5.75 Å². The van der Waals surface area contributed by atoms with E-state index in [1.165, 1.54) is 6.07 Å². The third-order valence-corrected chi connectivity index (χ3v) is 8.47. The van der Waals surface area contributed by atoms with E-state index in [2.05, 4.69) is 4.99 Å². The van der Waals surface area contributed by atoms with Gasteiger partial charge in [-0.25, -0.2) is 9.78 Å². The summed E-state index contributed by atoms with van der Waals surface area (Å²) in [6.07, 6.45) is 1.73. The zero-order valence-electron chi connectivity index (χ0n) is 24.9. The van der Waals surface area contributed by atoms with Crippen LogP contribution in [0.25, 0.3) is 11.0 Å². The van der Waals surface area contributed by atoms with Crippen LogP contribution in [0.1, 0.15) is 37.2 Å². The molecule has 4 heterocycles. The molecule has 0 bridgehead atoms. The highest BCUT2D eigenvalue weighted by Gasteiger charge is 2.49. The number of rotatable bonds is 13. The minimum atomic E-state index is -2.35. The fraction of sp³-hybridized carbons (Fsp3) is 0.548. The Hall–Kier alpha value is -3.14. The molecule has 6 N–H and O–H groups in total. The molecular formula is C31H40N2O11. The van der Waals surface area contributed by atoms with Crippen molar-refractivity contribution in [1.29, 1.82) is 0 Å². The van der Waals surface area contributed by atoms with Gasteiger partial charge in [-0.15, -0.1) is 0 Å². The summed E-state index contributed by atoms with van der Waals surface area (Å²) in [6, 6.07) is 2.80. The minimum absolute atomic E-state index is 0.0525. The molecule has 13 nitrogen and oxygen atoms in total. The van der Waals surface area contributed by atoms with E-state index < -0.39 is 48.8 Å². The van der Waals surface area contributed by atoms with E-state index in [1.807, 2.05) is 0 Å². The number of hydrogen-bond donors (Lipinski definition) is 6. The Labute approximate surface area is 253 Å². The van der Waals surface area contributed by atoms with E-state index in [0.717, 1.165) is 5.71 Å². The highest BCUT2D eigenvalue weighted by Crippen LogP contribution is 2.41. The number of aliphatic hydroxyl groups excluding tert-OH is 5. The SMILES string of the molecule is Cc1cc(=O)c2cc3c(c(CCCO)c2o1)OC(C)(C)C(OOCC(O)C(O)(CN1C=CC2=NC=CC21)C(O)C(O)CO)C3. The van der Waals surface area contributed by atoms with Crippen LogP contribution in [0.2, 0.25) is 0 Å². The molecule has 0 aliphatic carbocycles. The molecule has 0 radical (unpaired) electrons. The first-order valence-corrected chi connectivity index (χ1v) is 14.6. The van der Waals surface area contributed by atoms with Gasteiger partial charge >= 0.3 is 0 Å². The van der Waals surface area contributed by atoms with Gasteiger partial charge in [-0.3, -0.25) is 9.79 Å². The number of nitrogens with zero attached hydrogens (tertiary/aromatic N) is 2. The van der Waals surface area contributed by atoms with Crippen LogP contribution in [0.5, 0.6) is 5.75 Å². The first-order chi connectivity index (χ1) is 20.9. The topological polar surface area (TPSA) is 195 Å². The summed E-state index contributed by atoms with van der Waals surface area (Å²) in [4.78, 5) is 29.9. The Morgan fingerprint density at radius 2 is 2.00 bits per heavy atom. The highest BCUT2D eigenvalue weighted by molar-refractivity contribution is 6.04. The van der Waals surface area contributed by atoms with Gasteiger partial charge in [0, 0.05) is 37.1 Å². The van der Waals surface area contributed by atoms with Gasteiger partial charge in [0.25, 0.3) is 0 Å². The molecule has 0 amide bonds. The zero-order valence-corrected chi connectivity index (χ0v) is 24.9. The maximum absolute atomic E-state index is 12.8. The Morgan fingerprint density at radius 3 is 2.73 bits per heavy atom. The summed E-state index contributed by atoms with van der Waals surface area (Å²) < 4.78 is 12.3. The molecule has 6 atom stereocenters. The lowest BCUT2D eigenvalue weighted by atomic mass is 9.86. The lowest BCUT2D eigenvalue weighted by Gasteiger charge is -2.42. The summed E-state index contributed by atoms with van der Waals surface area (Å²) in [5.74, 6) is 1.00. The van der Waals surface area contributed by atoms with Crippen molar-refractivity contribution in [2.75, 3.05) is 26.4 Å². The van der Waals surface area contributed by atoms with Gasteiger partial charge in [-0.2, -0.15) is 0 Å². The second-order valence-electron chi connectivity index (χ2n) is 12.1. The first-order valence-electron chi connectivity index (χ1n) is 14.6. The molecule has 240 valence electrons. The standard InChI is InChI=1S/C31H40N2O11/c1-17-11-23(36)20-12-18-13-26(30(2,3)43-27(18)19(5-4-10-34)28(20)42-17)44-41-15-25(38)31(40,29(39)24(37)14-35)16-33-9-7-21-22(33)6-8-32-21/h6-9,11-12,22,24-26,29,34-35,37-40H,4-5,10,13-16H2,1-3H3. The number of aliphatic imine (C=N–C) groups is 1. The molecule has 0 saturated heterocycles. The molecule has 13 heteroatoms. The van der Waals surface area contributed by atoms with Crippen molar-refractivity contribution in [1.82, 2.24) is 4.90 Å². The van der Waals surface area contributed by atoms with Crippen LogP contribution in [0.15, 0.2) is 50.9 Å². The van der Waals surface area contributed by atoms with Crippen molar-refractivity contribution >= 4 is 16.7 Å². The van der Waals surface area contributed by atoms with Crippen LogP contribution in [-0.2, 0) is 22.6 Å². The van der Waals surface area contributed by atoms with E-state index in [-0.39, 0.29) is 31.0 Å². The minimum Gasteiger partial charge on any atom is -0.484 e. The van der Waals surface area contributed by atoms with Gasteiger partial charge in [0.2, 0.25) is 0 Å². The number of aliphatic hydroxyl groups is 6. The lowest BCUT2D eigenvalue weighted by molar-refractivity contribution is -0.363. The molecule has 3 aliphatic heterocycles. The molecule has 3 aliphatic rings. The van der Waals surface area contributed by atoms with Gasteiger partial charge in [0.05, 0.1) is 30.3 Å². The van der Waals surface area contributed by atoms with Crippen molar-refractivity contribution in [2.24, 2.45) is 4.99 Å². The molecule has 1 aromatic heterocycles. The van der Waals surface area contributed by atoms with Crippen LogP contribution in [0.4, 0.5) is 0 Å². The number of ether oxygens (including phenoxy) is 1. The predicted octanol–water partition coefficient (Wildman–Crippen LogP) is 0.0289. The highest BCUT2D eigenvalue weighted by atomic mass is 17.2. The third-order valence-electron chi connectivity index (χ3n) is 8.47.